The van der Waals surface area contributed by atoms with Gasteiger partial charge in [-0.25, -0.2) is 0 Å². The number of carbonyl (C=O) groups excluding carboxylic acids is 1. The number of hydrogen-bond donors (Lipinski definition) is 1. The lowest BCUT2D eigenvalue weighted by atomic mass is 9.91. The molecule has 2 aromatic carbocycles. The maximum atomic E-state index is 12.7. The Labute approximate surface area is 184 Å². The largest absolute Gasteiger partial charge is 0.369 e. The molecule has 2 aromatic rings. The van der Waals surface area contributed by atoms with Crippen LogP contribution in [0.2, 0.25) is 0 Å². The second kappa shape index (κ2) is 9.49. The van der Waals surface area contributed by atoms with Crippen LogP contribution in [0.4, 0.5) is 0 Å². The fourth-order valence-corrected chi connectivity index (χ4v) is 4.41. The normalized spacial score (nSPS) is 27.3. The Kier molecular flexibility index (Phi) is 6.72. The molecule has 0 aliphatic carbocycles. The van der Waals surface area contributed by atoms with E-state index in [-0.39, 0.29) is 30.2 Å². The first-order valence-corrected chi connectivity index (χ1v) is 10.9. The third-order valence-corrected chi connectivity index (χ3v) is 6.00. The number of amides is 1. The maximum absolute atomic E-state index is 12.7. The summed E-state index contributed by atoms with van der Waals surface area (Å²) in [5, 5.41) is 3.53. The van der Waals surface area contributed by atoms with Crippen LogP contribution in [0.5, 0.6) is 0 Å². The molecule has 0 spiro atoms. The minimum atomic E-state index is -0.695. The zero-order chi connectivity index (χ0) is 21.8. The molecule has 31 heavy (non-hydrogen) atoms. The van der Waals surface area contributed by atoms with Crippen molar-refractivity contribution in [3.8, 4) is 0 Å². The van der Waals surface area contributed by atoms with Gasteiger partial charge in [-0.1, -0.05) is 60.7 Å². The van der Waals surface area contributed by atoms with Gasteiger partial charge in [0.1, 0.15) is 12.2 Å². The van der Waals surface area contributed by atoms with Crippen LogP contribution < -0.4 is 5.32 Å². The standard InChI is InChI=1S/C25H32N2O4/c1-18(28)27(15-19-10-6-4-7-11-19)22-14-26-21-17-30-25(2,3)31-23(21)24(22)29-16-20-12-8-5-9-13-20/h4-13,21-24,26H,14-17H2,1-3H3/t21-,22+,23-,24-/m1/s1. The maximum Gasteiger partial charge on any atom is 0.220 e. The second-order valence-corrected chi connectivity index (χ2v) is 8.77. The number of nitrogens with zero attached hydrogens (tertiary/aromatic N) is 1. The molecule has 2 fully saturated rings. The minimum absolute atomic E-state index is 0.0220. The van der Waals surface area contributed by atoms with Crippen molar-refractivity contribution < 1.29 is 19.0 Å². The van der Waals surface area contributed by atoms with E-state index in [1.165, 1.54) is 0 Å². The van der Waals surface area contributed by atoms with Gasteiger partial charge in [-0.05, 0) is 25.0 Å². The Bertz CT molecular complexity index is 858. The van der Waals surface area contributed by atoms with Crippen molar-refractivity contribution in [2.75, 3.05) is 13.2 Å². The van der Waals surface area contributed by atoms with E-state index in [1.54, 1.807) is 6.92 Å². The molecule has 4 atom stereocenters. The summed E-state index contributed by atoms with van der Waals surface area (Å²) in [6.07, 6.45) is -0.494. The highest BCUT2D eigenvalue weighted by molar-refractivity contribution is 5.73. The molecule has 0 saturated carbocycles. The summed E-state index contributed by atoms with van der Waals surface area (Å²) < 4.78 is 18.7. The number of benzene rings is 2. The summed E-state index contributed by atoms with van der Waals surface area (Å²) in [6.45, 7) is 7.64. The quantitative estimate of drug-likeness (QED) is 0.772. The average molecular weight is 425 g/mol. The molecule has 1 N–H and O–H groups in total. The molecule has 6 heteroatoms. The molecule has 2 aliphatic rings. The molecule has 166 valence electrons. The third kappa shape index (κ3) is 5.33. The summed E-state index contributed by atoms with van der Waals surface area (Å²) in [6, 6.07) is 20.0. The summed E-state index contributed by atoms with van der Waals surface area (Å²) in [7, 11) is 0. The lowest BCUT2D eigenvalue weighted by Crippen LogP contribution is -2.70. The number of fused-ring (bicyclic) bond motifs is 1. The van der Waals surface area contributed by atoms with Gasteiger partial charge in [-0.2, -0.15) is 0 Å². The zero-order valence-electron chi connectivity index (χ0n) is 18.5. The molecule has 0 unspecified atom stereocenters. The van der Waals surface area contributed by atoms with Crippen molar-refractivity contribution in [1.29, 1.82) is 0 Å². The number of ether oxygens (including phenoxy) is 3. The predicted molar refractivity (Wildman–Crippen MR) is 118 cm³/mol. The molecule has 4 rings (SSSR count). The highest BCUT2D eigenvalue weighted by atomic mass is 16.7. The second-order valence-electron chi connectivity index (χ2n) is 8.77. The highest BCUT2D eigenvalue weighted by Gasteiger charge is 2.49. The minimum Gasteiger partial charge on any atom is -0.369 e. The Morgan fingerprint density at radius 1 is 1.10 bits per heavy atom. The van der Waals surface area contributed by atoms with Crippen molar-refractivity contribution >= 4 is 5.91 Å². The highest BCUT2D eigenvalue weighted by Crippen LogP contribution is 2.31. The molecule has 0 bridgehead atoms. The molecule has 2 heterocycles. The smallest absolute Gasteiger partial charge is 0.220 e. The van der Waals surface area contributed by atoms with Crippen LogP contribution in [0.3, 0.4) is 0 Å². The topological polar surface area (TPSA) is 60.0 Å². The molecule has 0 radical (unpaired) electrons. The van der Waals surface area contributed by atoms with Crippen molar-refractivity contribution in [3.05, 3.63) is 71.8 Å². The van der Waals surface area contributed by atoms with Gasteiger partial charge in [-0.3, -0.25) is 4.79 Å². The van der Waals surface area contributed by atoms with Gasteiger partial charge in [-0.15, -0.1) is 0 Å². The molecular weight excluding hydrogens is 392 g/mol. The van der Waals surface area contributed by atoms with Crippen LogP contribution in [0, 0.1) is 0 Å². The fourth-order valence-electron chi connectivity index (χ4n) is 4.41. The van der Waals surface area contributed by atoms with Crippen molar-refractivity contribution in [3.63, 3.8) is 0 Å². The predicted octanol–water partition coefficient (Wildman–Crippen LogP) is 3.11. The van der Waals surface area contributed by atoms with Gasteiger partial charge in [0, 0.05) is 20.0 Å². The Hall–Kier alpha value is -2.25. The first kappa shape index (κ1) is 22.0. The molecule has 6 nitrogen and oxygen atoms in total. The van der Waals surface area contributed by atoms with E-state index in [4.69, 9.17) is 14.2 Å². The van der Waals surface area contributed by atoms with Crippen LogP contribution in [0.15, 0.2) is 60.7 Å². The van der Waals surface area contributed by atoms with Crippen molar-refractivity contribution in [2.24, 2.45) is 0 Å². The van der Waals surface area contributed by atoms with E-state index in [9.17, 15) is 4.79 Å². The lowest BCUT2D eigenvalue weighted by molar-refractivity contribution is -0.311. The van der Waals surface area contributed by atoms with E-state index in [1.807, 2.05) is 67.3 Å². The number of rotatable bonds is 6. The van der Waals surface area contributed by atoms with Gasteiger partial charge in [0.05, 0.1) is 25.3 Å². The van der Waals surface area contributed by atoms with Crippen LogP contribution >= 0.6 is 0 Å². The van der Waals surface area contributed by atoms with E-state index < -0.39 is 5.79 Å². The Morgan fingerprint density at radius 3 is 2.39 bits per heavy atom. The van der Waals surface area contributed by atoms with Gasteiger partial charge in [0.25, 0.3) is 0 Å². The number of hydrogen-bond acceptors (Lipinski definition) is 5. The zero-order valence-corrected chi connectivity index (χ0v) is 18.5. The third-order valence-electron chi connectivity index (χ3n) is 6.00. The number of nitrogens with one attached hydrogen (secondary N) is 1. The SMILES string of the molecule is CC(=O)N(Cc1ccccc1)[C@H]1CN[C@@H]2COC(C)(C)O[C@H]2[C@@H]1OCc1ccccc1. The monoisotopic (exact) mass is 424 g/mol. The average Bonchev–Trinajstić information content (AvgIpc) is 2.76. The summed E-state index contributed by atoms with van der Waals surface area (Å²) in [5.41, 5.74) is 2.19. The van der Waals surface area contributed by atoms with E-state index in [0.717, 1.165) is 11.1 Å². The molecule has 1 amide bonds. The first-order chi connectivity index (χ1) is 14.9. The Balaban J connectivity index is 1.60. The van der Waals surface area contributed by atoms with Gasteiger partial charge in [0.15, 0.2) is 5.79 Å². The first-order valence-electron chi connectivity index (χ1n) is 10.9. The van der Waals surface area contributed by atoms with Gasteiger partial charge < -0.3 is 24.4 Å². The number of carbonyl (C=O) groups is 1. The molecule has 2 aliphatic heterocycles. The lowest BCUT2D eigenvalue weighted by Gasteiger charge is -2.51. The molecule has 0 aromatic heterocycles. The summed E-state index contributed by atoms with van der Waals surface area (Å²) in [4.78, 5) is 14.6. The molecular formula is C25H32N2O4. The fraction of sp³-hybridized carbons (Fsp3) is 0.480. The summed E-state index contributed by atoms with van der Waals surface area (Å²) >= 11 is 0. The van der Waals surface area contributed by atoms with E-state index in [2.05, 4.69) is 17.4 Å². The van der Waals surface area contributed by atoms with E-state index >= 15 is 0 Å². The van der Waals surface area contributed by atoms with Crippen LogP contribution in [0.1, 0.15) is 31.9 Å². The molecule has 2 saturated heterocycles. The van der Waals surface area contributed by atoms with Gasteiger partial charge in [0.2, 0.25) is 5.91 Å². The van der Waals surface area contributed by atoms with Gasteiger partial charge >= 0.3 is 0 Å². The van der Waals surface area contributed by atoms with Crippen LogP contribution in [-0.4, -0.2) is 54.0 Å². The van der Waals surface area contributed by atoms with Crippen LogP contribution in [0.25, 0.3) is 0 Å². The number of piperidine rings is 1. The Morgan fingerprint density at radius 2 is 1.74 bits per heavy atom. The van der Waals surface area contributed by atoms with Crippen molar-refractivity contribution in [2.45, 2.75) is 64.0 Å². The summed E-state index contributed by atoms with van der Waals surface area (Å²) in [5.74, 6) is -0.673. The van der Waals surface area contributed by atoms with E-state index in [0.29, 0.717) is 26.3 Å². The van der Waals surface area contributed by atoms with Crippen LogP contribution in [-0.2, 0) is 32.2 Å². The van der Waals surface area contributed by atoms with Crippen molar-refractivity contribution in [1.82, 2.24) is 10.2 Å².